The number of ether oxygens (including phenoxy) is 1. The number of nitrogens with zero attached hydrogens (tertiary/aromatic N) is 1. The predicted molar refractivity (Wildman–Crippen MR) is 120 cm³/mol. The number of thiazole rings is 1. The molecule has 1 unspecified atom stereocenters. The molecular weight excluding hydrogens is 418 g/mol. The molecule has 1 amide bonds. The number of nitrogens with one attached hydrogen (secondary N) is 2. The average Bonchev–Trinajstić information content (AvgIpc) is 3.16. The van der Waals surface area contributed by atoms with E-state index in [1.165, 1.54) is 5.56 Å². The maximum atomic E-state index is 12.3. The molecule has 0 saturated carbocycles. The maximum absolute atomic E-state index is 12.3. The minimum Gasteiger partial charge on any atom is -0.480 e. The molecule has 0 radical (unpaired) electrons. The smallest absolute Gasteiger partial charge is 0.321 e. The first-order chi connectivity index (χ1) is 15.0. The van der Waals surface area contributed by atoms with Crippen molar-refractivity contribution in [2.75, 3.05) is 31.7 Å². The number of carbonyl (C=O) groups is 2. The second kappa shape index (κ2) is 11.0. The molecule has 0 aliphatic rings. The lowest BCUT2D eigenvalue weighted by molar-refractivity contribution is -0.141. The second-order valence-corrected chi connectivity index (χ2v) is 8.03. The normalized spacial score (nSPS) is 12.1. The molecule has 1 atom stereocenters. The number of hydrogen-bond donors (Lipinski definition) is 4. The van der Waals surface area contributed by atoms with Gasteiger partial charge in [0.1, 0.15) is 11.0 Å². The lowest BCUT2D eigenvalue weighted by Gasteiger charge is -2.14. The Labute approximate surface area is 183 Å². The van der Waals surface area contributed by atoms with Gasteiger partial charge in [-0.15, -0.1) is 11.3 Å². The fourth-order valence-electron chi connectivity index (χ4n) is 2.97. The highest BCUT2D eigenvalue weighted by Gasteiger charge is 2.20. The van der Waals surface area contributed by atoms with E-state index in [0.29, 0.717) is 5.69 Å². The number of carboxylic acid groups (broad SMARTS) is 1. The summed E-state index contributed by atoms with van der Waals surface area (Å²) in [5.74, 6) is -1.52. The Morgan fingerprint density at radius 2 is 1.94 bits per heavy atom. The Bertz CT molecular complexity index is 1040. The molecule has 8 nitrogen and oxygen atoms in total. The van der Waals surface area contributed by atoms with Gasteiger partial charge < -0.3 is 25.6 Å². The van der Waals surface area contributed by atoms with Crippen molar-refractivity contribution in [1.82, 2.24) is 10.3 Å². The monoisotopic (exact) mass is 443 g/mol. The highest BCUT2D eigenvalue weighted by atomic mass is 32.1. The largest absolute Gasteiger partial charge is 0.480 e. The molecule has 0 aliphatic carbocycles. The van der Waals surface area contributed by atoms with Gasteiger partial charge in [0, 0.05) is 17.8 Å². The maximum Gasteiger partial charge on any atom is 0.321 e. The molecule has 9 heteroatoms. The van der Waals surface area contributed by atoms with Crippen LogP contribution < -0.4 is 10.6 Å². The fourth-order valence-corrected chi connectivity index (χ4v) is 4.04. The van der Waals surface area contributed by atoms with Crippen LogP contribution in [0.3, 0.4) is 0 Å². The summed E-state index contributed by atoms with van der Waals surface area (Å²) in [7, 11) is 0. The fraction of sp³-hybridized carbons (Fsp3) is 0.318. The number of aliphatic hydroxyl groups excluding tert-OH is 1. The molecule has 0 fully saturated rings. The van der Waals surface area contributed by atoms with Gasteiger partial charge in [0.05, 0.1) is 36.5 Å². The van der Waals surface area contributed by atoms with Crippen LogP contribution >= 0.6 is 11.3 Å². The Morgan fingerprint density at radius 3 is 2.65 bits per heavy atom. The van der Waals surface area contributed by atoms with Gasteiger partial charge in [-0.25, -0.2) is 4.98 Å². The van der Waals surface area contributed by atoms with Crippen LogP contribution in [0, 0.1) is 6.92 Å². The van der Waals surface area contributed by atoms with E-state index >= 15 is 0 Å². The molecular formula is C22H25N3O5S. The highest BCUT2D eigenvalue weighted by molar-refractivity contribution is 7.21. The van der Waals surface area contributed by atoms with E-state index in [-0.39, 0.29) is 32.8 Å². The van der Waals surface area contributed by atoms with Gasteiger partial charge in [0.25, 0.3) is 0 Å². The number of aliphatic carboxylic acids is 1. The van der Waals surface area contributed by atoms with E-state index in [4.69, 9.17) is 9.84 Å². The van der Waals surface area contributed by atoms with Gasteiger partial charge in [0.15, 0.2) is 0 Å². The minimum atomic E-state index is -1.11. The summed E-state index contributed by atoms with van der Waals surface area (Å²) in [6.07, 6.45) is -0.214. The van der Waals surface area contributed by atoms with Gasteiger partial charge in [-0.2, -0.15) is 0 Å². The van der Waals surface area contributed by atoms with Crippen molar-refractivity contribution < 1.29 is 24.5 Å². The summed E-state index contributed by atoms with van der Waals surface area (Å²) in [5.41, 5.74) is 3.68. The summed E-state index contributed by atoms with van der Waals surface area (Å²) < 4.78 is 6.20. The van der Waals surface area contributed by atoms with Crippen LogP contribution in [0.5, 0.6) is 0 Å². The zero-order valence-corrected chi connectivity index (χ0v) is 17.9. The Balaban J connectivity index is 1.56. The average molecular weight is 444 g/mol. The van der Waals surface area contributed by atoms with Crippen LogP contribution in [-0.2, 0) is 14.3 Å². The number of benzene rings is 2. The SMILES string of the molecule is Cc1ccc2nc(-c3ccc(NC(=O)CC(NCCOCCO)C(=O)O)cc3)sc2c1. The molecule has 164 valence electrons. The Morgan fingerprint density at radius 1 is 1.16 bits per heavy atom. The zero-order chi connectivity index (χ0) is 22.2. The van der Waals surface area contributed by atoms with E-state index in [0.717, 1.165) is 20.8 Å². The number of hydrogen-bond acceptors (Lipinski definition) is 7. The van der Waals surface area contributed by atoms with Crippen LogP contribution in [0.25, 0.3) is 20.8 Å². The number of carboxylic acids is 1. The molecule has 0 saturated heterocycles. The quantitative estimate of drug-likeness (QED) is 0.336. The van der Waals surface area contributed by atoms with Gasteiger partial charge in [0.2, 0.25) is 5.91 Å². The topological polar surface area (TPSA) is 121 Å². The van der Waals surface area contributed by atoms with E-state index in [9.17, 15) is 14.7 Å². The van der Waals surface area contributed by atoms with Gasteiger partial charge >= 0.3 is 5.97 Å². The minimum absolute atomic E-state index is 0.0950. The molecule has 2 aromatic carbocycles. The van der Waals surface area contributed by atoms with Gasteiger partial charge in [-0.05, 0) is 48.9 Å². The van der Waals surface area contributed by atoms with Crippen molar-refractivity contribution in [3.8, 4) is 10.6 Å². The van der Waals surface area contributed by atoms with Crippen molar-refractivity contribution in [1.29, 1.82) is 0 Å². The number of carbonyl (C=O) groups excluding carboxylic acids is 1. The molecule has 3 aromatic rings. The first-order valence-corrected chi connectivity index (χ1v) is 10.7. The van der Waals surface area contributed by atoms with Crippen LogP contribution in [0.2, 0.25) is 0 Å². The number of aliphatic hydroxyl groups is 1. The first-order valence-electron chi connectivity index (χ1n) is 9.88. The van der Waals surface area contributed by atoms with E-state index in [1.54, 1.807) is 23.5 Å². The number of anilines is 1. The molecule has 0 bridgehead atoms. The molecule has 3 rings (SSSR count). The lowest BCUT2D eigenvalue weighted by atomic mass is 10.1. The van der Waals surface area contributed by atoms with Crippen molar-refractivity contribution in [2.24, 2.45) is 0 Å². The first kappa shape index (κ1) is 22.8. The van der Waals surface area contributed by atoms with Crippen molar-refractivity contribution in [3.05, 3.63) is 48.0 Å². The number of aryl methyl sites for hydroxylation is 1. The third-order valence-corrected chi connectivity index (χ3v) is 5.59. The lowest BCUT2D eigenvalue weighted by Crippen LogP contribution is -2.41. The summed E-state index contributed by atoms with van der Waals surface area (Å²) >= 11 is 1.61. The van der Waals surface area contributed by atoms with Crippen molar-refractivity contribution >= 4 is 39.1 Å². The number of rotatable bonds is 11. The summed E-state index contributed by atoms with van der Waals surface area (Å²) in [5, 5.41) is 24.3. The Kier molecular flexibility index (Phi) is 8.07. The number of aromatic nitrogens is 1. The second-order valence-electron chi connectivity index (χ2n) is 7.00. The van der Waals surface area contributed by atoms with Gasteiger partial charge in [-0.3, -0.25) is 9.59 Å². The van der Waals surface area contributed by atoms with Crippen molar-refractivity contribution in [3.63, 3.8) is 0 Å². The van der Waals surface area contributed by atoms with Crippen LogP contribution in [0.15, 0.2) is 42.5 Å². The zero-order valence-electron chi connectivity index (χ0n) is 17.1. The van der Waals surface area contributed by atoms with Crippen molar-refractivity contribution in [2.45, 2.75) is 19.4 Å². The molecule has 0 aliphatic heterocycles. The Hall–Kier alpha value is -2.85. The highest BCUT2D eigenvalue weighted by Crippen LogP contribution is 2.31. The third kappa shape index (κ3) is 6.56. The molecule has 31 heavy (non-hydrogen) atoms. The number of amides is 1. The predicted octanol–water partition coefficient (Wildman–Crippen LogP) is 2.65. The number of fused-ring (bicyclic) bond motifs is 1. The summed E-state index contributed by atoms with van der Waals surface area (Å²) in [6, 6.07) is 12.4. The van der Waals surface area contributed by atoms with E-state index < -0.39 is 17.9 Å². The third-order valence-electron chi connectivity index (χ3n) is 4.52. The summed E-state index contributed by atoms with van der Waals surface area (Å²) in [6.45, 7) is 2.65. The molecule has 1 heterocycles. The van der Waals surface area contributed by atoms with E-state index in [1.807, 2.05) is 31.2 Å². The standard InChI is InChI=1S/C22H25N3O5S/c1-14-2-7-17-19(12-14)31-21(25-17)15-3-5-16(6-4-15)24-20(27)13-18(22(28)29)23-8-10-30-11-9-26/h2-7,12,18,23,26H,8-11,13H2,1H3,(H,24,27)(H,28,29). The van der Waals surface area contributed by atoms with E-state index in [2.05, 4.69) is 21.7 Å². The van der Waals surface area contributed by atoms with Gasteiger partial charge in [-0.1, -0.05) is 6.07 Å². The van der Waals surface area contributed by atoms with Crippen LogP contribution in [-0.4, -0.2) is 59.5 Å². The molecule has 0 spiro atoms. The van der Waals surface area contributed by atoms with Crippen LogP contribution in [0.1, 0.15) is 12.0 Å². The molecule has 4 N–H and O–H groups in total. The summed E-state index contributed by atoms with van der Waals surface area (Å²) in [4.78, 5) is 28.3. The molecule has 1 aromatic heterocycles. The van der Waals surface area contributed by atoms with Crippen LogP contribution in [0.4, 0.5) is 5.69 Å².